The molecule has 0 aromatic heterocycles. The number of carbonyl (C=O) groups excluding carboxylic acids is 1. The lowest BCUT2D eigenvalue weighted by Crippen LogP contribution is -2.31. The summed E-state index contributed by atoms with van der Waals surface area (Å²) < 4.78 is 5.14. The van der Waals surface area contributed by atoms with Gasteiger partial charge in [-0.25, -0.2) is 0 Å². The maximum atomic E-state index is 12.0. The summed E-state index contributed by atoms with van der Waals surface area (Å²) >= 11 is 0. The SMILES string of the molecule is CCN(CC)c1ccc(NCC(=O)NCCc2ccc(OC)cc2)cc1. The standard InChI is InChI=1S/C21H29N3O2/c1-4-24(5-2)19-10-8-18(9-11-19)23-16-21(25)22-15-14-17-6-12-20(26-3)13-7-17/h6-13,23H,4-5,14-16H2,1-3H3,(H,22,25). The van der Waals surface area contributed by atoms with Crippen molar-refractivity contribution >= 4 is 17.3 Å². The molecule has 0 saturated carbocycles. The quantitative estimate of drug-likeness (QED) is 0.686. The van der Waals surface area contributed by atoms with E-state index in [4.69, 9.17) is 4.74 Å². The predicted molar refractivity (Wildman–Crippen MR) is 108 cm³/mol. The summed E-state index contributed by atoms with van der Waals surface area (Å²) in [6.07, 6.45) is 0.800. The van der Waals surface area contributed by atoms with Crippen LogP contribution in [0.15, 0.2) is 48.5 Å². The van der Waals surface area contributed by atoms with E-state index in [9.17, 15) is 4.79 Å². The Labute approximate surface area is 156 Å². The summed E-state index contributed by atoms with van der Waals surface area (Å²) in [6.45, 7) is 7.15. The number of benzene rings is 2. The molecule has 2 rings (SSSR count). The van der Waals surface area contributed by atoms with Gasteiger partial charge in [-0.3, -0.25) is 4.79 Å². The van der Waals surface area contributed by atoms with E-state index in [2.05, 4.69) is 41.5 Å². The fraction of sp³-hybridized carbons (Fsp3) is 0.381. The van der Waals surface area contributed by atoms with Crippen LogP contribution < -0.4 is 20.3 Å². The number of carbonyl (C=O) groups is 1. The molecule has 2 aromatic carbocycles. The van der Waals surface area contributed by atoms with Crippen LogP contribution in [0.3, 0.4) is 0 Å². The molecular formula is C21H29N3O2. The Morgan fingerprint density at radius 1 is 1.00 bits per heavy atom. The number of rotatable bonds is 10. The Hall–Kier alpha value is -2.69. The second kappa shape index (κ2) is 10.3. The number of nitrogens with zero attached hydrogens (tertiary/aromatic N) is 1. The first kappa shape index (κ1) is 19.6. The molecule has 0 fully saturated rings. The summed E-state index contributed by atoms with van der Waals surface area (Å²) in [6, 6.07) is 16.1. The van der Waals surface area contributed by atoms with Gasteiger partial charge in [0.25, 0.3) is 0 Å². The smallest absolute Gasteiger partial charge is 0.239 e. The molecule has 5 heteroatoms. The third-order valence-electron chi connectivity index (χ3n) is 4.34. The van der Waals surface area contributed by atoms with Crippen LogP contribution in [0, 0.1) is 0 Å². The number of ether oxygens (including phenoxy) is 1. The van der Waals surface area contributed by atoms with E-state index in [1.807, 2.05) is 36.4 Å². The highest BCUT2D eigenvalue weighted by molar-refractivity contribution is 5.80. The topological polar surface area (TPSA) is 53.6 Å². The van der Waals surface area contributed by atoms with Crippen LogP contribution in [-0.2, 0) is 11.2 Å². The summed E-state index contributed by atoms with van der Waals surface area (Å²) in [4.78, 5) is 14.3. The molecule has 140 valence electrons. The van der Waals surface area contributed by atoms with E-state index in [1.54, 1.807) is 7.11 Å². The number of hydrogen-bond donors (Lipinski definition) is 2. The molecule has 0 heterocycles. The molecule has 0 spiro atoms. The minimum atomic E-state index is -0.00803. The summed E-state index contributed by atoms with van der Waals surface area (Å²) in [5, 5.41) is 6.10. The molecule has 0 saturated heterocycles. The first-order valence-corrected chi connectivity index (χ1v) is 9.14. The molecule has 0 aliphatic rings. The van der Waals surface area contributed by atoms with Crippen molar-refractivity contribution in [1.82, 2.24) is 5.32 Å². The number of methoxy groups -OCH3 is 1. The second-order valence-corrected chi connectivity index (χ2v) is 6.02. The molecule has 0 bridgehead atoms. The van der Waals surface area contributed by atoms with Crippen molar-refractivity contribution < 1.29 is 9.53 Å². The molecule has 2 aromatic rings. The Kier molecular flexibility index (Phi) is 7.80. The molecular weight excluding hydrogens is 326 g/mol. The zero-order chi connectivity index (χ0) is 18.8. The number of nitrogens with one attached hydrogen (secondary N) is 2. The molecule has 0 unspecified atom stereocenters. The molecule has 26 heavy (non-hydrogen) atoms. The van der Waals surface area contributed by atoms with Crippen molar-refractivity contribution in [3.05, 3.63) is 54.1 Å². The lowest BCUT2D eigenvalue weighted by molar-refractivity contribution is -0.119. The first-order valence-electron chi connectivity index (χ1n) is 9.14. The van der Waals surface area contributed by atoms with E-state index in [-0.39, 0.29) is 12.5 Å². The van der Waals surface area contributed by atoms with E-state index in [1.165, 1.54) is 11.3 Å². The van der Waals surface area contributed by atoms with Crippen molar-refractivity contribution in [2.45, 2.75) is 20.3 Å². The molecule has 2 N–H and O–H groups in total. The van der Waals surface area contributed by atoms with E-state index >= 15 is 0 Å². The number of amides is 1. The van der Waals surface area contributed by atoms with Crippen LogP contribution in [0.5, 0.6) is 5.75 Å². The highest BCUT2D eigenvalue weighted by Crippen LogP contribution is 2.17. The fourth-order valence-corrected chi connectivity index (χ4v) is 2.76. The predicted octanol–water partition coefficient (Wildman–Crippen LogP) is 3.31. The second-order valence-electron chi connectivity index (χ2n) is 6.02. The van der Waals surface area contributed by atoms with Gasteiger partial charge in [0.1, 0.15) is 5.75 Å². The van der Waals surface area contributed by atoms with E-state index in [0.29, 0.717) is 6.54 Å². The van der Waals surface area contributed by atoms with Gasteiger partial charge < -0.3 is 20.3 Å². The van der Waals surface area contributed by atoms with Gasteiger partial charge in [-0.05, 0) is 62.2 Å². The average molecular weight is 355 g/mol. The average Bonchev–Trinajstić information content (AvgIpc) is 2.69. The minimum absolute atomic E-state index is 0.00803. The number of anilines is 2. The molecule has 0 radical (unpaired) electrons. The van der Waals surface area contributed by atoms with E-state index < -0.39 is 0 Å². The number of hydrogen-bond acceptors (Lipinski definition) is 4. The zero-order valence-corrected chi connectivity index (χ0v) is 15.9. The third kappa shape index (κ3) is 5.99. The fourth-order valence-electron chi connectivity index (χ4n) is 2.76. The Morgan fingerprint density at radius 3 is 2.23 bits per heavy atom. The molecule has 0 atom stereocenters. The molecule has 1 amide bonds. The lowest BCUT2D eigenvalue weighted by Gasteiger charge is -2.21. The van der Waals surface area contributed by atoms with Crippen molar-refractivity contribution in [2.24, 2.45) is 0 Å². The zero-order valence-electron chi connectivity index (χ0n) is 15.9. The van der Waals surface area contributed by atoms with Gasteiger partial charge >= 0.3 is 0 Å². The summed E-state index contributed by atoms with van der Waals surface area (Å²) in [5.74, 6) is 0.834. The normalized spacial score (nSPS) is 10.3. The lowest BCUT2D eigenvalue weighted by atomic mass is 10.1. The van der Waals surface area contributed by atoms with Crippen LogP contribution in [0.1, 0.15) is 19.4 Å². The largest absolute Gasteiger partial charge is 0.497 e. The van der Waals surface area contributed by atoms with Crippen molar-refractivity contribution in [3.8, 4) is 5.75 Å². The Bertz CT molecular complexity index is 665. The monoisotopic (exact) mass is 355 g/mol. The van der Waals surface area contributed by atoms with Gasteiger partial charge in [-0.1, -0.05) is 12.1 Å². The van der Waals surface area contributed by atoms with Gasteiger partial charge in [0.05, 0.1) is 13.7 Å². The van der Waals surface area contributed by atoms with Gasteiger partial charge in [0.15, 0.2) is 0 Å². The van der Waals surface area contributed by atoms with Crippen molar-refractivity contribution in [2.75, 3.05) is 43.5 Å². The van der Waals surface area contributed by atoms with E-state index in [0.717, 1.165) is 30.9 Å². The first-order chi connectivity index (χ1) is 12.7. The Morgan fingerprint density at radius 2 is 1.65 bits per heavy atom. The van der Waals surface area contributed by atoms with Crippen molar-refractivity contribution in [1.29, 1.82) is 0 Å². The minimum Gasteiger partial charge on any atom is -0.497 e. The third-order valence-corrected chi connectivity index (χ3v) is 4.34. The highest BCUT2D eigenvalue weighted by atomic mass is 16.5. The maximum Gasteiger partial charge on any atom is 0.239 e. The van der Waals surface area contributed by atoms with Crippen LogP contribution in [0.4, 0.5) is 11.4 Å². The van der Waals surface area contributed by atoms with Gasteiger partial charge in [0.2, 0.25) is 5.91 Å². The van der Waals surface area contributed by atoms with Gasteiger partial charge in [-0.15, -0.1) is 0 Å². The maximum absolute atomic E-state index is 12.0. The van der Waals surface area contributed by atoms with Crippen LogP contribution in [-0.4, -0.2) is 39.2 Å². The highest BCUT2D eigenvalue weighted by Gasteiger charge is 2.04. The summed E-state index contributed by atoms with van der Waals surface area (Å²) in [5.41, 5.74) is 3.32. The molecule has 0 aliphatic heterocycles. The van der Waals surface area contributed by atoms with Crippen LogP contribution in [0.2, 0.25) is 0 Å². The Balaban J connectivity index is 1.71. The molecule has 5 nitrogen and oxygen atoms in total. The van der Waals surface area contributed by atoms with Crippen molar-refractivity contribution in [3.63, 3.8) is 0 Å². The molecule has 0 aliphatic carbocycles. The van der Waals surface area contributed by atoms with Gasteiger partial charge in [0, 0.05) is 31.0 Å². The van der Waals surface area contributed by atoms with Crippen LogP contribution in [0.25, 0.3) is 0 Å². The van der Waals surface area contributed by atoms with Crippen LogP contribution >= 0.6 is 0 Å². The summed E-state index contributed by atoms with van der Waals surface area (Å²) in [7, 11) is 1.65. The van der Waals surface area contributed by atoms with Gasteiger partial charge in [-0.2, -0.15) is 0 Å².